The SMILES string of the molecule is NC(=O)[C@@]1(Cc2ccccc2-c2ccccc2)CCCN(C(=O)c2cccc(F)c2)C1. The van der Waals surface area contributed by atoms with Crippen LogP contribution in [0.3, 0.4) is 0 Å². The average molecular weight is 416 g/mol. The smallest absolute Gasteiger partial charge is 0.253 e. The first-order chi connectivity index (χ1) is 15.0. The molecule has 0 spiro atoms. The monoisotopic (exact) mass is 416 g/mol. The average Bonchev–Trinajstić information content (AvgIpc) is 2.79. The topological polar surface area (TPSA) is 63.4 Å². The summed E-state index contributed by atoms with van der Waals surface area (Å²) in [5.74, 6) is -1.14. The predicted octanol–water partition coefficient (Wildman–Crippen LogP) is 4.44. The van der Waals surface area contributed by atoms with Gasteiger partial charge in [-0.05, 0) is 54.2 Å². The summed E-state index contributed by atoms with van der Waals surface area (Å²) in [6, 6.07) is 23.6. The minimum atomic E-state index is -0.869. The number of carbonyl (C=O) groups is 2. The summed E-state index contributed by atoms with van der Waals surface area (Å²) in [5, 5.41) is 0. The molecular weight excluding hydrogens is 391 g/mol. The number of halogens is 1. The van der Waals surface area contributed by atoms with Crippen LogP contribution in [0.15, 0.2) is 78.9 Å². The van der Waals surface area contributed by atoms with Crippen LogP contribution in [0.2, 0.25) is 0 Å². The zero-order valence-electron chi connectivity index (χ0n) is 17.3. The van der Waals surface area contributed by atoms with Crippen LogP contribution in [0.5, 0.6) is 0 Å². The van der Waals surface area contributed by atoms with Crippen molar-refractivity contribution in [1.82, 2.24) is 4.90 Å². The molecule has 1 fully saturated rings. The highest BCUT2D eigenvalue weighted by Gasteiger charge is 2.42. The third-order valence-electron chi connectivity index (χ3n) is 6.09. The maximum atomic E-state index is 13.6. The van der Waals surface area contributed by atoms with E-state index in [1.165, 1.54) is 18.2 Å². The Bertz CT molecular complexity index is 1100. The van der Waals surface area contributed by atoms with Crippen LogP contribution < -0.4 is 5.73 Å². The molecule has 1 heterocycles. The van der Waals surface area contributed by atoms with Crippen molar-refractivity contribution in [2.75, 3.05) is 13.1 Å². The van der Waals surface area contributed by atoms with Gasteiger partial charge < -0.3 is 10.6 Å². The molecule has 0 aromatic heterocycles. The van der Waals surface area contributed by atoms with Crippen molar-refractivity contribution in [2.24, 2.45) is 11.1 Å². The molecule has 4 nitrogen and oxygen atoms in total. The van der Waals surface area contributed by atoms with Crippen molar-refractivity contribution in [3.8, 4) is 11.1 Å². The number of hydrogen-bond acceptors (Lipinski definition) is 2. The molecule has 0 saturated carbocycles. The second kappa shape index (κ2) is 8.72. The molecule has 158 valence electrons. The van der Waals surface area contributed by atoms with E-state index in [1.54, 1.807) is 11.0 Å². The highest BCUT2D eigenvalue weighted by molar-refractivity contribution is 5.95. The number of nitrogens with zero attached hydrogens (tertiary/aromatic N) is 1. The summed E-state index contributed by atoms with van der Waals surface area (Å²) in [7, 11) is 0. The minimum Gasteiger partial charge on any atom is -0.369 e. The molecule has 3 aromatic rings. The van der Waals surface area contributed by atoms with Crippen molar-refractivity contribution >= 4 is 11.8 Å². The van der Waals surface area contributed by atoms with Crippen molar-refractivity contribution in [2.45, 2.75) is 19.3 Å². The van der Waals surface area contributed by atoms with Crippen LogP contribution in [0.1, 0.15) is 28.8 Å². The molecule has 0 radical (unpaired) electrons. The fourth-order valence-electron chi connectivity index (χ4n) is 4.48. The van der Waals surface area contributed by atoms with E-state index in [1.807, 2.05) is 54.6 Å². The number of piperidine rings is 1. The zero-order valence-corrected chi connectivity index (χ0v) is 17.3. The molecule has 2 N–H and O–H groups in total. The standard InChI is InChI=1S/C26H25FN2O2/c27-22-12-6-11-20(16-22)24(30)29-15-7-14-26(18-29,25(28)31)17-21-10-4-5-13-23(21)19-8-2-1-3-9-19/h1-6,8-13,16H,7,14-15,17-18H2,(H2,28,31)/t26-/m1/s1. The molecule has 3 aromatic carbocycles. The normalized spacial score (nSPS) is 18.5. The molecule has 5 heteroatoms. The quantitative estimate of drug-likeness (QED) is 0.668. The van der Waals surface area contributed by atoms with Crippen LogP contribution in [0, 0.1) is 11.2 Å². The molecule has 1 saturated heterocycles. The lowest BCUT2D eigenvalue weighted by Gasteiger charge is -2.41. The molecular formula is C26H25FN2O2. The molecule has 4 rings (SSSR count). The third kappa shape index (κ3) is 4.36. The lowest BCUT2D eigenvalue weighted by Crippen LogP contribution is -2.53. The molecule has 1 atom stereocenters. The largest absolute Gasteiger partial charge is 0.369 e. The third-order valence-corrected chi connectivity index (χ3v) is 6.09. The maximum absolute atomic E-state index is 13.6. The summed E-state index contributed by atoms with van der Waals surface area (Å²) in [6.45, 7) is 0.742. The lowest BCUT2D eigenvalue weighted by atomic mass is 9.73. The van der Waals surface area contributed by atoms with Gasteiger partial charge in [-0.1, -0.05) is 60.7 Å². The number of primary amides is 1. The van der Waals surface area contributed by atoms with E-state index in [0.717, 1.165) is 16.7 Å². The van der Waals surface area contributed by atoms with Gasteiger partial charge in [0.15, 0.2) is 0 Å². The molecule has 0 unspecified atom stereocenters. The van der Waals surface area contributed by atoms with Crippen LogP contribution in [-0.4, -0.2) is 29.8 Å². The Balaban J connectivity index is 1.65. The van der Waals surface area contributed by atoms with Crippen molar-refractivity contribution in [1.29, 1.82) is 0 Å². The minimum absolute atomic E-state index is 0.223. The molecule has 1 aliphatic rings. The Kier molecular flexibility index (Phi) is 5.85. The number of nitrogens with two attached hydrogens (primary N) is 1. The summed E-state index contributed by atoms with van der Waals surface area (Å²) in [4.78, 5) is 27.4. The fourth-order valence-corrected chi connectivity index (χ4v) is 4.48. The fraction of sp³-hybridized carbons (Fsp3) is 0.231. The maximum Gasteiger partial charge on any atom is 0.253 e. The van der Waals surface area contributed by atoms with Crippen molar-refractivity contribution in [3.63, 3.8) is 0 Å². The van der Waals surface area contributed by atoms with Gasteiger partial charge in [0.1, 0.15) is 5.82 Å². The molecule has 0 aliphatic carbocycles. The Hall–Kier alpha value is -3.47. The number of amides is 2. The van der Waals surface area contributed by atoms with Gasteiger partial charge >= 0.3 is 0 Å². The van der Waals surface area contributed by atoms with E-state index in [0.29, 0.717) is 25.8 Å². The number of likely N-dealkylation sites (tertiary alicyclic amines) is 1. The summed E-state index contributed by atoms with van der Waals surface area (Å²) >= 11 is 0. The van der Waals surface area contributed by atoms with E-state index in [4.69, 9.17) is 5.73 Å². The second-order valence-electron chi connectivity index (χ2n) is 8.19. The first-order valence-corrected chi connectivity index (χ1v) is 10.5. The van der Waals surface area contributed by atoms with E-state index >= 15 is 0 Å². The number of rotatable bonds is 5. The highest BCUT2D eigenvalue weighted by Crippen LogP contribution is 2.37. The summed E-state index contributed by atoms with van der Waals surface area (Å²) in [5.41, 5.74) is 8.49. The van der Waals surface area contributed by atoms with Gasteiger partial charge in [-0.2, -0.15) is 0 Å². The van der Waals surface area contributed by atoms with E-state index in [9.17, 15) is 14.0 Å². The van der Waals surface area contributed by atoms with Crippen LogP contribution >= 0.6 is 0 Å². The number of hydrogen-bond donors (Lipinski definition) is 1. The van der Waals surface area contributed by atoms with Crippen LogP contribution in [-0.2, 0) is 11.2 Å². The zero-order chi connectivity index (χ0) is 21.8. The number of benzene rings is 3. The molecule has 2 amide bonds. The Labute approximate surface area is 181 Å². The van der Waals surface area contributed by atoms with Crippen molar-refractivity contribution in [3.05, 3.63) is 95.8 Å². The molecule has 1 aliphatic heterocycles. The van der Waals surface area contributed by atoms with Gasteiger partial charge in [0.25, 0.3) is 5.91 Å². The summed E-state index contributed by atoms with van der Waals surface area (Å²) < 4.78 is 13.6. The second-order valence-corrected chi connectivity index (χ2v) is 8.19. The molecule has 0 bridgehead atoms. The summed E-state index contributed by atoms with van der Waals surface area (Å²) in [6.07, 6.45) is 1.72. The van der Waals surface area contributed by atoms with Crippen molar-refractivity contribution < 1.29 is 14.0 Å². The van der Waals surface area contributed by atoms with Gasteiger partial charge in [-0.25, -0.2) is 4.39 Å². The van der Waals surface area contributed by atoms with Gasteiger partial charge in [-0.3, -0.25) is 9.59 Å². The highest BCUT2D eigenvalue weighted by atomic mass is 19.1. The van der Waals surface area contributed by atoms with E-state index in [2.05, 4.69) is 0 Å². The van der Waals surface area contributed by atoms with Gasteiger partial charge in [0, 0.05) is 18.7 Å². The van der Waals surface area contributed by atoms with Gasteiger partial charge in [0.2, 0.25) is 5.91 Å². The first kappa shape index (κ1) is 20.8. The number of carbonyl (C=O) groups excluding carboxylic acids is 2. The van der Waals surface area contributed by atoms with Crippen LogP contribution in [0.4, 0.5) is 4.39 Å². The van der Waals surface area contributed by atoms with Crippen LogP contribution in [0.25, 0.3) is 11.1 Å². The Morgan fingerprint density at radius 2 is 1.71 bits per heavy atom. The Morgan fingerprint density at radius 1 is 0.968 bits per heavy atom. The lowest BCUT2D eigenvalue weighted by molar-refractivity contribution is -0.130. The van der Waals surface area contributed by atoms with Gasteiger partial charge in [0.05, 0.1) is 5.41 Å². The molecule has 31 heavy (non-hydrogen) atoms. The van der Waals surface area contributed by atoms with E-state index in [-0.39, 0.29) is 18.0 Å². The first-order valence-electron chi connectivity index (χ1n) is 10.5. The van der Waals surface area contributed by atoms with Gasteiger partial charge in [-0.15, -0.1) is 0 Å². The predicted molar refractivity (Wildman–Crippen MR) is 119 cm³/mol. The Morgan fingerprint density at radius 3 is 2.45 bits per heavy atom. The van der Waals surface area contributed by atoms with E-state index < -0.39 is 17.1 Å².